The average Bonchev–Trinajstić information content (AvgIpc) is 2.29. The van der Waals surface area contributed by atoms with Crippen molar-refractivity contribution in [1.82, 2.24) is 0 Å². The highest BCUT2D eigenvalue weighted by Crippen LogP contribution is 2.24. The molecular formula is C11H10ClF3O3S. The molecular weight excluding hydrogens is 305 g/mol. The average molecular weight is 315 g/mol. The quantitative estimate of drug-likeness (QED) is 0.642. The number of rotatable bonds is 6. The number of halogens is 4. The van der Waals surface area contributed by atoms with Crippen molar-refractivity contribution in [2.45, 2.75) is 11.1 Å². The fraction of sp³-hybridized carbons (Fsp3) is 0.364. The molecule has 0 unspecified atom stereocenters. The van der Waals surface area contributed by atoms with E-state index in [1.807, 2.05) is 0 Å². The second kappa shape index (κ2) is 7.02. The van der Waals surface area contributed by atoms with Crippen molar-refractivity contribution in [2.75, 3.05) is 19.0 Å². The molecule has 1 aromatic rings. The minimum Gasteiger partial charge on any atom is -0.478 e. The van der Waals surface area contributed by atoms with Crippen LogP contribution in [0.25, 0.3) is 0 Å². The highest BCUT2D eigenvalue weighted by Gasteiger charge is 2.27. The Morgan fingerprint density at radius 1 is 1.42 bits per heavy atom. The number of ether oxygens (including phenoxy) is 1. The van der Waals surface area contributed by atoms with Gasteiger partial charge in [-0.15, -0.1) is 11.8 Å². The Labute approximate surface area is 116 Å². The molecule has 0 atom stereocenters. The van der Waals surface area contributed by atoms with Crippen LogP contribution in [0.3, 0.4) is 0 Å². The number of carboxylic acid groups (broad SMARTS) is 1. The Kier molecular flexibility index (Phi) is 5.96. The lowest BCUT2D eigenvalue weighted by Crippen LogP contribution is -2.17. The van der Waals surface area contributed by atoms with Crippen LogP contribution in [0.2, 0.25) is 5.02 Å². The van der Waals surface area contributed by atoms with Crippen LogP contribution in [-0.2, 0) is 4.74 Å². The molecule has 0 spiro atoms. The SMILES string of the molecule is O=C(O)c1cc(SCCOCC(F)(F)F)ccc1Cl. The van der Waals surface area contributed by atoms with E-state index in [2.05, 4.69) is 4.74 Å². The summed E-state index contributed by atoms with van der Waals surface area (Å²) in [5.74, 6) is -0.864. The molecule has 0 bridgehead atoms. The molecule has 1 N–H and O–H groups in total. The van der Waals surface area contributed by atoms with E-state index in [1.165, 1.54) is 23.9 Å². The van der Waals surface area contributed by atoms with E-state index in [-0.39, 0.29) is 22.9 Å². The maximum atomic E-state index is 11.8. The first kappa shape index (κ1) is 16.1. The summed E-state index contributed by atoms with van der Waals surface area (Å²) in [4.78, 5) is 11.4. The Balaban J connectivity index is 2.42. The van der Waals surface area contributed by atoms with Crippen molar-refractivity contribution >= 4 is 29.3 Å². The van der Waals surface area contributed by atoms with E-state index in [9.17, 15) is 18.0 Å². The molecule has 0 aliphatic carbocycles. The number of alkyl halides is 3. The van der Waals surface area contributed by atoms with Crippen LogP contribution in [0.4, 0.5) is 13.2 Å². The number of hydrogen-bond acceptors (Lipinski definition) is 3. The predicted molar refractivity (Wildman–Crippen MR) is 66.0 cm³/mol. The van der Waals surface area contributed by atoms with Crippen LogP contribution in [0, 0.1) is 0 Å². The van der Waals surface area contributed by atoms with Gasteiger partial charge in [-0.05, 0) is 18.2 Å². The zero-order valence-corrected chi connectivity index (χ0v) is 11.1. The van der Waals surface area contributed by atoms with Crippen LogP contribution < -0.4 is 0 Å². The van der Waals surface area contributed by atoms with E-state index in [0.29, 0.717) is 4.90 Å². The number of carboxylic acids is 1. The molecule has 19 heavy (non-hydrogen) atoms. The number of hydrogen-bond donors (Lipinski definition) is 1. The van der Waals surface area contributed by atoms with Gasteiger partial charge in [-0.1, -0.05) is 11.6 Å². The third-order valence-electron chi connectivity index (χ3n) is 1.93. The lowest BCUT2D eigenvalue weighted by atomic mass is 10.2. The van der Waals surface area contributed by atoms with Gasteiger partial charge in [0.25, 0.3) is 0 Å². The molecule has 0 aliphatic heterocycles. The van der Waals surface area contributed by atoms with Gasteiger partial charge >= 0.3 is 12.1 Å². The smallest absolute Gasteiger partial charge is 0.411 e. The van der Waals surface area contributed by atoms with Gasteiger partial charge in [0.1, 0.15) is 6.61 Å². The van der Waals surface area contributed by atoms with Gasteiger partial charge < -0.3 is 9.84 Å². The minimum atomic E-state index is -4.33. The second-order valence-electron chi connectivity index (χ2n) is 3.46. The molecule has 0 saturated heterocycles. The van der Waals surface area contributed by atoms with Gasteiger partial charge in [0.15, 0.2) is 0 Å². The van der Waals surface area contributed by atoms with Gasteiger partial charge in [-0.3, -0.25) is 0 Å². The van der Waals surface area contributed by atoms with Crippen LogP contribution in [0.5, 0.6) is 0 Å². The van der Waals surface area contributed by atoms with Gasteiger partial charge in [0.05, 0.1) is 17.2 Å². The molecule has 0 fully saturated rings. The summed E-state index contributed by atoms with van der Waals surface area (Å²) in [6.07, 6.45) is -4.33. The first-order valence-corrected chi connectivity index (χ1v) is 6.46. The molecule has 0 saturated carbocycles. The van der Waals surface area contributed by atoms with E-state index in [4.69, 9.17) is 16.7 Å². The standard InChI is InChI=1S/C11H10ClF3O3S/c12-9-2-1-7(5-8(9)10(16)17)19-4-3-18-6-11(13,14)15/h1-2,5H,3-4,6H2,(H,16,17). The molecule has 8 heteroatoms. The van der Waals surface area contributed by atoms with Crippen molar-refractivity contribution in [2.24, 2.45) is 0 Å². The van der Waals surface area contributed by atoms with Gasteiger partial charge in [-0.2, -0.15) is 13.2 Å². The lowest BCUT2D eigenvalue weighted by molar-refractivity contribution is -0.172. The topological polar surface area (TPSA) is 46.5 Å². The third-order valence-corrected chi connectivity index (χ3v) is 3.22. The second-order valence-corrected chi connectivity index (χ2v) is 5.04. The summed E-state index contributed by atoms with van der Waals surface area (Å²) in [5, 5.41) is 8.96. The minimum absolute atomic E-state index is 0.0390. The molecule has 1 aromatic carbocycles. The van der Waals surface area contributed by atoms with E-state index in [0.717, 1.165) is 0 Å². The highest BCUT2D eigenvalue weighted by molar-refractivity contribution is 7.99. The number of aromatic carboxylic acids is 1. The molecule has 0 amide bonds. The maximum Gasteiger partial charge on any atom is 0.411 e. The zero-order valence-electron chi connectivity index (χ0n) is 9.54. The van der Waals surface area contributed by atoms with Crippen LogP contribution in [0.15, 0.2) is 23.1 Å². The maximum absolute atomic E-state index is 11.8. The first-order chi connectivity index (χ1) is 8.79. The van der Waals surface area contributed by atoms with Gasteiger partial charge in [0.2, 0.25) is 0 Å². The normalized spacial score (nSPS) is 11.6. The van der Waals surface area contributed by atoms with Crippen molar-refractivity contribution < 1.29 is 27.8 Å². The summed E-state index contributed by atoms with van der Waals surface area (Å²) >= 11 is 6.88. The summed E-state index contributed by atoms with van der Waals surface area (Å²) in [5.41, 5.74) is -0.0390. The summed E-state index contributed by atoms with van der Waals surface area (Å²) in [6.45, 7) is -1.36. The first-order valence-electron chi connectivity index (χ1n) is 5.10. The molecule has 0 heterocycles. The molecule has 0 radical (unpaired) electrons. The molecule has 106 valence electrons. The van der Waals surface area contributed by atoms with Crippen molar-refractivity contribution in [3.05, 3.63) is 28.8 Å². The highest BCUT2D eigenvalue weighted by atomic mass is 35.5. The Morgan fingerprint density at radius 2 is 2.11 bits per heavy atom. The molecule has 0 aromatic heterocycles. The predicted octanol–water partition coefficient (Wildman–Crippen LogP) is 3.71. The number of benzene rings is 1. The van der Waals surface area contributed by atoms with E-state index in [1.54, 1.807) is 6.07 Å². The summed E-state index contributed by atoms with van der Waals surface area (Å²) < 4.78 is 39.8. The summed E-state index contributed by atoms with van der Waals surface area (Å²) in [6, 6.07) is 4.41. The van der Waals surface area contributed by atoms with Crippen molar-refractivity contribution in [3.63, 3.8) is 0 Å². The fourth-order valence-corrected chi connectivity index (χ4v) is 2.17. The van der Waals surface area contributed by atoms with Gasteiger partial charge in [0, 0.05) is 10.6 Å². The Bertz CT molecular complexity index is 451. The number of thioether (sulfide) groups is 1. The van der Waals surface area contributed by atoms with Crippen LogP contribution in [0.1, 0.15) is 10.4 Å². The molecule has 3 nitrogen and oxygen atoms in total. The van der Waals surface area contributed by atoms with Crippen LogP contribution in [-0.4, -0.2) is 36.2 Å². The summed E-state index contributed by atoms with van der Waals surface area (Å²) in [7, 11) is 0. The van der Waals surface area contributed by atoms with Crippen LogP contribution >= 0.6 is 23.4 Å². The monoisotopic (exact) mass is 314 g/mol. The lowest BCUT2D eigenvalue weighted by Gasteiger charge is -2.07. The van der Waals surface area contributed by atoms with Crippen molar-refractivity contribution in [3.8, 4) is 0 Å². The zero-order chi connectivity index (χ0) is 14.5. The van der Waals surface area contributed by atoms with Crippen molar-refractivity contribution in [1.29, 1.82) is 0 Å². The third kappa shape index (κ3) is 6.17. The van der Waals surface area contributed by atoms with E-state index >= 15 is 0 Å². The molecule has 1 rings (SSSR count). The largest absolute Gasteiger partial charge is 0.478 e. The Morgan fingerprint density at radius 3 is 2.68 bits per heavy atom. The Hall–Kier alpha value is -0.920. The molecule has 0 aliphatic rings. The number of carbonyl (C=O) groups is 1. The van der Waals surface area contributed by atoms with E-state index < -0.39 is 18.8 Å². The van der Waals surface area contributed by atoms with Gasteiger partial charge in [-0.25, -0.2) is 4.79 Å². The fourth-order valence-electron chi connectivity index (χ4n) is 1.16.